The molecule has 0 aliphatic carbocycles. The monoisotopic (exact) mass is 343 g/mol. The average Bonchev–Trinajstić information content (AvgIpc) is 3.03. The van der Waals surface area contributed by atoms with Crippen LogP contribution in [0.1, 0.15) is 17.3 Å². The van der Waals surface area contributed by atoms with Crippen LogP contribution in [0.2, 0.25) is 5.02 Å². The summed E-state index contributed by atoms with van der Waals surface area (Å²) in [5.41, 5.74) is 1.56. The van der Waals surface area contributed by atoms with Crippen LogP contribution in [0.25, 0.3) is 5.69 Å². The quantitative estimate of drug-likeness (QED) is 0.512. The Kier molecular flexibility index (Phi) is 4.79. The molecule has 0 aliphatic heterocycles. The summed E-state index contributed by atoms with van der Waals surface area (Å²) < 4.78 is 1.87. The first-order valence-corrected chi connectivity index (χ1v) is 8.33. The van der Waals surface area contributed by atoms with Crippen molar-refractivity contribution in [2.24, 2.45) is 0 Å². The molecule has 0 saturated carbocycles. The van der Waals surface area contributed by atoms with E-state index in [4.69, 9.17) is 11.6 Å². The highest BCUT2D eigenvalue weighted by molar-refractivity contribution is 8.00. The summed E-state index contributed by atoms with van der Waals surface area (Å²) in [6.07, 6.45) is 1.65. The molecule has 1 heterocycles. The molecule has 0 bridgehead atoms. The number of Topliss-reactive ketones (excluding diaryl/α,β-unsaturated/α-hetero) is 1. The SMILES string of the molecule is C[C@H](Sc1nncn1-c1ccccc1)C(=O)c1cccc(Cl)c1. The summed E-state index contributed by atoms with van der Waals surface area (Å²) in [5.74, 6) is 0.0140. The molecule has 0 amide bonds. The van der Waals surface area contributed by atoms with Crippen molar-refractivity contribution in [2.45, 2.75) is 17.3 Å². The standard InChI is InChI=1S/C17H14ClN3OS/c1-12(16(22)13-6-5-7-14(18)10-13)23-17-20-19-11-21(17)15-8-3-2-4-9-15/h2-12H,1H3/t12-/m0/s1. The van der Waals surface area contributed by atoms with Crippen molar-refractivity contribution in [3.05, 3.63) is 71.5 Å². The van der Waals surface area contributed by atoms with Crippen LogP contribution in [-0.4, -0.2) is 25.8 Å². The van der Waals surface area contributed by atoms with E-state index in [0.717, 1.165) is 5.69 Å². The fourth-order valence-corrected chi connectivity index (χ4v) is 3.27. The topological polar surface area (TPSA) is 47.8 Å². The molecule has 116 valence electrons. The summed E-state index contributed by atoms with van der Waals surface area (Å²) >= 11 is 7.33. The Morgan fingerprint density at radius 3 is 2.70 bits per heavy atom. The molecule has 2 aromatic carbocycles. The number of halogens is 1. The molecule has 6 heteroatoms. The number of aromatic nitrogens is 3. The number of carbonyl (C=O) groups is 1. The normalized spacial score (nSPS) is 12.1. The molecule has 0 spiro atoms. The number of hydrogen-bond acceptors (Lipinski definition) is 4. The average molecular weight is 344 g/mol. The van der Waals surface area contributed by atoms with E-state index in [-0.39, 0.29) is 11.0 Å². The zero-order valence-corrected chi connectivity index (χ0v) is 14.0. The van der Waals surface area contributed by atoms with Gasteiger partial charge in [0.1, 0.15) is 6.33 Å². The zero-order valence-electron chi connectivity index (χ0n) is 12.4. The predicted molar refractivity (Wildman–Crippen MR) is 92.5 cm³/mol. The molecule has 4 nitrogen and oxygen atoms in total. The highest BCUT2D eigenvalue weighted by Crippen LogP contribution is 2.26. The van der Waals surface area contributed by atoms with Gasteiger partial charge in [-0.15, -0.1) is 10.2 Å². The van der Waals surface area contributed by atoms with Crippen molar-refractivity contribution in [3.8, 4) is 5.69 Å². The first-order chi connectivity index (χ1) is 11.1. The highest BCUT2D eigenvalue weighted by Gasteiger charge is 2.20. The molecule has 0 fully saturated rings. The number of ketones is 1. The Labute approximate surface area is 143 Å². The van der Waals surface area contributed by atoms with Crippen molar-refractivity contribution >= 4 is 29.1 Å². The van der Waals surface area contributed by atoms with Gasteiger partial charge >= 0.3 is 0 Å². The van der Waals surface area contributed by atoms with Crippen LogP contribution < -0.4 is 0 Å². The second-order valence-electron chi connectivity index (χ2n) is 4.95. The molecule has 0 N–H and O–H groups in total. The molecular weight excluding hydrogens is 330 g/mol. The van der Waals surface area contributed by atoms with Gasteiger partial charge in [-0.05, 0) is 31.2 Å². The van der Waals surface area contributed by atoms with Crippen molar-refractivity contribution in [3.63, 3.8) is 0 Å². The lowest BCUT2D eigenvalue weighted by molar-refractivity contribution is 0.0994. The lowest BCUT2D eigenvalue weighted by atomic mass is 10.1. The number of hydrogen-bond donors (Lipinski definition) is 0. The third-order valence-electron chi connectivity index (χ3n) is 3.31. The minimum atomic E-state index is -0.292. The van der Waals surface area contributed by atoms with Crippen LogP contribution in [0.15, 0.2) is 66.1 Å². The number of benzene rings is 2. The highest BCUT2D eigenvalue weighted by atomic mass is 35.5. The van der Waals surface area contributed by atoms with E-state index < -0.39 is 0 Å². The van der Waals surface area contributed by atoms with Crippen LogP contribution in [0, 0.1) is 0 Å². The van der Waals surface area contributed by atoms with Gasteiger partial charge in [0.25, 0.3) is 0 Å². The molecule has 0 aliphatic rings. The first kappa shape index (κ1) is 15.8. The van der Waals surface area contributed by atoms with Gasteiger partial charge in [0, 0.05) is 16.3 Å². The minimum absolute atomic E-state index is 0.0140. The Morgan fingerprint density at radius 1 is 1.17 bits per heavy atom. The van der Waals surface area contributed by atoms with Crippen LogP contribution in [0.5, 0.6) is 0 Å². The third-order valence-corrected chi connectivity index (χ3v) is 4.60. The Hall–Kier alpha value is -2.11. The molecule has 3 aromatic rings. The van der Waals surface area contributed by atoms with Crippen molar-refractivity contribution < 1.29 is 4.79 Å². The number of nitrogens with zero attached hydrogens (tertiary/aromatic N) is 3. The van der Waals surface area contributed by atoms with Gasteiger partial charge in [0.05, 0.1) is 5.25 Å². The Bertz CT molecular complexity index is 819. The fraction of sp³-hybridized carbons (Fsp3) is 0.118. The lowest BCUT2D eigenvalue weighted by Gasteiger charge is -2.11. The molecule has 23 heavy (non-hydrogen) atoms. The lowest BCUT2D eigenvalue weighted by Crippen LogP contribution is -2.14. The molecule has 1 aromatic heterocycles. The molecule has 3 rings (SSSR count). The van der Waals surface area contributed by atoms with Crippen molar-refractivity contribution in [2.75, 3.05) is 0 Å². The second kappa shape index (κ2) is 6.98. The van der Waals surface area contributed by atoms with Gasteiger partial charge in [-0.3, -0.25) is 9.36 Å². The van der Waals surface area contributed by atoms with E-state index in [2.05, 4.69) is 10.2 Å². The van der Waals surface area contributed by atoms with Gasteiger partial charge in [0.2, 0.25) is 0 Å². The Balaban J connectivity index is 1.80. The van der Waals surface area contributed by atoms with Crippen LogP contribution in [0.4, 0.5) is 0 Å². The molecule has 1 atom stereocenters. The fourth-order valence-electron chi connectivity index (χ4n) is 2.16. The maximum atomic E-state index is 12.5. The molecule has 0 unspecified atom stereocenters. The van der Waals surface area contributed by atoms with E-state index in [0.29, 0.717) is 15.7 Å². The van der Waals surface area contributed by atoms with E-state index in [9.17, 15) is 4.79 Å². The van der Waals surface area contributed by atoms with E-state index >= 15 is 0 Å². The largest absolute Gasteiger partial charge is 0.293 e. The number of carbonyl (C=O) groups excluding carboxylic acids is 1. The summed E-state index contributed by atoms with van der Waals surface area (Å²) in [6, 6.07) is 16.8. The number of rotatable bonds is 5. The van der Waals surface area contributed by atoms with Gasteiger partial charge < -0.3 is 0 Å². The second-order valence-corrected chi connectivity index (χ2v) is 6.70. The first-order valence-electron chi connectivity index (χ1n) is 7.07. The van der Waals surface area contributed by atoms with E-state index in [1.165, 1.54) is 11.8 Å². The summed E-state index contributed by atoms with van der Waals surface area (Å²) in [5, 5.41) is 9.03. The van der Waals surface area contributed by atoms with E-state index in [1.807, 2.05) is 41.8 Å². The maximum Gasteiger partial charge on any atom is 0.196 e. The smallest absolute Gasteiger partial charge is 0.196 e. The predicted octanol–water partition coefficient (Wildman–Crippen LogP) is 4.28. The summed E-state index contributed by atoms with van der Waals surface area (Å²) in [4.78, 5) is 12.5. The van der Waals surface area contributed by atoms with Crippen LogP contribution in [-0.2, 0) is 0 Å². The van der Waals surface area contributed by atoms with Crippen molar-refractivity contribution in [1.29, 1.82) is 0 Å². The van der Waals surface area contributed by atoms with Crippen LogP contribution in [0.3, 0.4) is 0 Å². The summed E-state index contributed by atoms with van der Waals surface area (Å²) in [6.45, 7) is 1.86. The van der Waals surface area contributed by atoms with E-state index in [1.54, 1.807) is 30.6 Å². The van der Waals surface area contributed by atoms with Crippen molar-refractivity contribution in [1.82, 2.24) is 14.8 Å². The van der Waals surface area contributed by atoms with Gasteiger partial charge in [-0.1, -0.05) is 53.7 Å². The third kappa shape index (κ3) is 3.63. The molecule has 0 radical (unpaired) electrons. The molecule has 0 saturated heterocycles. The maximum absolute atomic E-state index is 12.5. The minimum Gasteiger partial charge on any atom is -0.293 e. The van der Waals surface area contributed by atoms with Gasteiger partial charge in [-0.2, -0.15) is 0 Å². The summed E-state index contributed by atoms with van der Waals surface area (Å²) in [7, 11) is 0. The Morgan fingerprint density at radius 2 is 1.96 bits per heavy atom. The van der Waals surface area contributed by atoms with Gasteiger partial charge in [-0.25, -0.2) is 0 Å². The number of thioether (sulfide) groups is 1. The molecular formula is C17H14ClN3OS. The van der Waals surface area contributed by atoms with Gasteiger partial charge in [0.15, 0.2) is 10.9 Å². The van der Waals surface area contributed by atoms with Crippen LogP contribution >= 0.6 is 23.4 Å². The number of para-hydroxylation sites is 1. The zero-order chi connectivity index (χ0) is 16.2.